The van der Waals surface area contributed by atoms with E-state index in [-0.39, 0.29) is 17.1 Å². The SMILES string of the molecule is CCN(c1ccc(F)cc1)S(=O)(=O)c1ccc(F)c(N)c1. The van der Waals surface area contributed by atoms with Crippen LogP contribution in [0.1, 0.15) is 6.92 Å². The van der Waals surface area contributed by atoms with E-state index in [1.165, 1.54) is 24.3 Å². The van der Waals surface area contributed by atoms with Crippen LogP contribution in [0, 0.1) is 11.6 Å². The first-order chi connectivity index (χ1) is 9.86. The van der Waals surface area contributed by atoms with E-state index in [2.05, 4.69) is 0 Å². The predicted octanol–water partition coefficient (Wildman–Crippen LogP) is 2.76. The van der Waals surface area contributed by atoms with E-state index in [1.807, 2.05) is 0 Å². The number of halogens is 2. The summed E-state index contributed by atoms with van der Waals surface area (Å²) in [4.78, 5) is -0.118. The highest BCUT2D eigenvalue weighted by Crippen LogP contribution is 2.25. The van der Waals surface area contributed by atoms with Crippen LogP contribution in [0.15, 0.2) is 47.4 Å². The van der Waals surface area contributed by atoms with Crippen molar-refractivity contribution in [2.45, 2.75) is 11.8 Å². The third kappa shape index (κ3) is 2.97. The second-order valence-electron chi connectivity index (χ2n) is 4.33. The van der Waals surface area contributed by atoms with Crippen LogP contribution in [-0.2, 0) is 10.0 Å². The van der Waals surface area contributed by atoms with Crippen molar-refractivity contribution >= 4 is 21.4 Å². The molecule has 2 aromatic rings. The molecule has 0 saturated carbocycles. The fourth-order valence-corrected chi connectivity index (χ4v) is 3.42. The summed E-state index contributed by atoms with van der Waals surface area (Å²) in [6.07, 6.45) is 0. The molecule has 21 heavy (non-hydrogen) atoms. The third-order valence-corrected chi connectivity index (χ3v) is 4.86. The number of sulfonamides is 1. The first kappa shape index (κ1) is 15.2. The number of hydrogen-bond donors (Lipinski definition) is 1. The molecule has 0 radical (unpaired) electrons. The molecular weight excluding hydrogens is 298 g/mol. The fourth-order valence-electron chi connectivity index (χ4n) is 1.91. The van der Waals surface area contributed by atoms with Gasteiger partial charge in [0, 0.05) is 6.54 Å². The van der Waals surface area contributed by atoms with Crippen molar-refractivity contribution in [3.05, 3.63) is 54.1 Å². The van der Waals surface area contributed by atoms with Gasteiger partial charge in [-0.15, -0.1) is 0 Å². The standard InChI is InChI=1S/C14H14F2N2O2S/c1-2-18(11-5-3-10(15)4-6-11)21(19,20)12-7-8-13(16)14(17)9-12/h3-9H,2,17H2,1H3. The summed E-state index contributed by atoms with van der Waals surface area (Å²) in [5, 5.41) is 0. The van der Waals surface area contributed by atoms with Crippen molar-refractivity contribution in [2.75, 3.05) is 16.6 Å². The van der Waals surface area contributed by atoms with Crippen molar-refractivity contribution in [1.29, 1.82) is 0 Å². The number of nitrogens with zero attached hydrogens (tertiary/aromatic N) is 1. The van der Waals surface area contributed by atoms with Crippen molar-refractivity contribution in [3.8, 4) is 0 Å². The summed E-state index contributed by atoms with van der Waals surface area (Å²) in [5.41, 5.74) is 5.49. The zero-order valence-electron chi connectivity index (χ0n) is 11.3. The van der Waals surface area contributed by atoms with Crippen molar-refractivity contribution in [2.24, 2.45) is 0 Å². The Hall–Kier alpha value is -2.15. The predicted molar refractivity (Wildman–Crippen MR) is 77.4 cm³/mol. The molecule has 0 unspecified atom stereocenters. The molecule has 0 aliphatic rings. The Morgan fingerprint density at radius 3 is 2.24 bits per heavy atom. The highest BCUT2D eigenvalue weighted by atomic mass is 32.2. The maximum absolute atomic E-state index is 13.2. The Morgan fingerprint density at radius 1 is 1.10 bits per heavy atom. The zero-order chi connectivity index (χ0) is 15.6. The van der Waals surface area contributed by atoms with Crippen LogP contribution in [0.2, 0.25) is 0 Å². The Kier molecular flexibility index (Phi) is 4.13. The van der Waals surface area contributed by atoms with Crippen LogP contribution in [0.4, 0.5) is 20.2 Å². The quantitative estimate of drug-likeness (QED) is 0.883. The van der Waals surface area contributed by atoms with E-state index in [4.69, 9.17) is 5.73 Å². The minimum absolute atomic E-state index is 0.118. The minimum atomic E-state index is -3.89. The average molecular weight is 312 g/mol. The molecule has 0 aliphatic carbocycles. The lowest BCUT2D eigenvalue weighted by Gasteiger charge is -2.23. The first-order valence-corrected chi connectivity index (χ1v) is 7.63. The zero-order valence-corrected chi connectivity index (χ0v) is 12.1. The summed E-state index contributed by atoms with van der Waals surface area (Å²) in [5.74, 6) is -1.14. The van der Waals surface area contributed by atoms with Gasteiger partial charge in [0.25, 0.3) is 10.0 Å². The van der Waals surface area contributed by atoms with Crippen molar-refractivity contribution in [1.82, 2.24) is 0 Å². The lowest BCUT2D eigenvalue weighted by molar-refractivity contribution is 0.590. The number of rotatable bonds is 4. The molecule has 0 atom stereocenters. The molecule has 4 nitrogen and oxygen atoms in total. The van der Waals surface area contributed by atoms with Gasteiger partial charge in [-0.25, -0.2) is 17.2 Å². The van der Waals surface area contributed by atoms with Gasteiger partial charge in [-0.3, -0.25) is 4.31 Å². The Labute approximate surface area is 121 Å². The Balaban J connectivity index is 2.49. The highest BCUT2D eigenvalue weighted by molar-refractivity contribution is 7.92. The lowest BCUT2D eigenvalue weighted by Crippen LogP contribution is -2.30. The molecule has 0 amide bonds. The molecule has 7 heteroatoms. The topological polar surface area (TPSA) is 63.4 Å². The van der Waals surface area contributed by atoms with E-state index in [9.17, 15) is 17.2 Å². The van der Waals surface area contributed by atoms with Gasteiger partial charge in [-0.1, -0.05) is 0 Å². The monoisotopic (exact) mass is 312 g/mol. The number of anilines is 2. The van der Waals surface area contributed by atoms with Gasteiger partial charge >= 0.3 is 0 Å². The minimum Gasteiger partial charge on any atom is -0.396 e. The smallest absolute Gasteiger partial charge is 0.264 e. The van der Waals surface area contributed by atoms with Crippen molar-refractivity contribution < 1.29 is 17.2 Å². The van der Waals surface area contributed by atoms with Gasteiger partial charge in [0.05, 0.1) is 16.3 Å². The summed E-state index contributed by atoms with van der Waals surface area (Å²) in [7, 11) is -3.89. The van der Waals surface area contributed by atoms with Crippen LogP contribution in [0.25, 0.3) is 0 Å². The first-order valence-electron chi connectivity index (χ1n) is 6.19. The van der Waals surface area contributed by atoms with E-state index in [0.717, 1.165) is 22.5 Å². The summed E-state index contributed by atoms with van der Waals surface area (Å²) < 4.78 is 52.3. The van der Waals surface area contributed by atoms with E-state index >= 15 is 0 Å². The molecule has 2 aromatic carbocycles. The van der Waals surface area contributed by atoms with Gasteiger partial charge in [0.2, 0.25) is 0 Å². The van der Waals surface area contributed by atoms with E-state index < -0.39 is 21.7 Å². The normalized spacial score (nSPS) is 11.4. The third-order valence-electron chi connectivity index (χ3n) is 2.96. The second kappa shape index (κ2) is 5.69. The van der Waals surface area contributed by atoms with Gasteiger partial charge in [-0.05, 0) is 49.4 Å². The average Bonchev–Trinajstić information content (AvgIpc) is 2.44. The van der Waals surface area contributed by atoms with Gasteiger partial charge in [0.1, 0.15) is 11.6 Å². The molecule has 0 aliphatic heterocycles. The lowest BCUT2D eigenvalue weighted by atomic mass is 10.3. The van der Waals surface area contributed by atoms with Gasteiger partial charge in [-0.2, -0.15) is 0 Å². The molecular formula is C14H14F2N2O2S. The number of nitrogen functional groups attached to an aromatic ring is 1. The molecule has 0 saturated heterocycles. The second-order valence-corrected chi connectivity index (χ2v) is 6.19. The number of hydrogen-bond acceptors (Lipinski definition) is 3. The van der Waals surface area contributed by atoms with Crippen LogP contribution in [0.3, 0.4) is 0 Å². The van der Waals surface area contributed by atoms with Crippen LogP contribution in [0.5, 0.6) is 0 Å². The molecule has 0 aromatic heterocycles. The maximum atomic E-state index is 13.2. The van der Waals surface area contributed by atoms with Crippen LogP contribution in [-0.4, -0.2) is 15.0 Å². The Bertz CT molecular complexity index is 746. The molecule has 2 rings (SSSR count). The fraction of sp³-hybridized carbons (Fsp3) is 0.143. The summed E-state index contributed by atoms with van der Waals surface area (Å²) in [6, 6.07) is 8.29. The van der Waals surface area contributed by atoms with E-state index in [1.54, 1.807) is 6.92 Å². The largest absolute Gasteiger partial charge is 0.396 e. The number of benzene rings is 2. The molecule has 2 N–H and O–H groups in total. The highest BCUT2D eigenvalue weighted by Gasteiger charge is 2.24. The van der Waals surface area contributed by atoms with Crippen LogP contribution < -0.4 is 10.0 Å². The summed E-state index contributed by atoms with van der Waals surface area (Å²) >= 11 is 0. The molecule has 0 spiro atoms. The van der Waals surface area contributed by atoms with Crippen LogP contribution >= 0.6 is 0 Å². The molecule has 0 bridgehead atoms. The number of nitrogens with two attached hydrogens (primary N) is 1. The molecule has 0 heterocycles. The Morgan fingerprint density at radius 2 is 1.71 bits per heavy atom. The maximum Gasteiger partial charge on any atom is 0.264 e. The van der Waals surface area contributed by atoms with Gasteiger partial charge < -0.3 is 5.73 Å². The summed E-state index contributed by atoms with van der Waals surface area (Å²) in [6.45, 7) is 1.79. The van der Waals surface area contributed by atoms with E-state index in [0.29, 0.717) is 5.69 Å². The van der Waals surface area contributed by atoms with Crippen molar-refractivity contribution in [3.63, 3.8) is 0 Å². The van der Waals surface area contributed by atoms with Gasteiger partial charge in [0.15, 0.2) is 0 Å². The molecule has 0 fully saturated rings. The molecule has 112 valence electrons.